The first kappa shape index (κ1) is 11.7. The van der Waals surface area contributed by atoms with E-state index < -0.39 is 5.82 Å². The van der Waals surface area contributed by atoms with Crippen LogP contribution in [0.5, 0.6) is 0 Å². The van der Waals surface area contributed by atoms with Crippen LogP contribution in [0.1, 0.15) is 0 Å². The molecule has 0 saturated carbocycles. The van der Waals surface area contributed by atoms with Gasteiger partial charge in [-0.05, 0) is 24.3 Å². The average Bonchev–Trinajstić information content (AvgIpc) is 2.26. The second-order valence-corrected chi connectivity index (χ2v) is 3.90. The third-order valence-corrected chi connectivity index (χ3v) is 2.49. The Morgan fingerprint density at radius 2 is 1.88 bits per heavy atom. The zero-order valence-electron chi connectivity index (χ0n) is 8.68. The summed E-state index contributed by atoms with van der Waals surface area (Å²) in [5.74, 6) is -0.962. The van der Waals surface area contributed by atoms with Gasteiger partial charge in [0.25, 0.3) is 0 Å². The summed E-state index contributed by atoms with van der Waals surface area (Å²) < 4.78 is 26.0. The number of nitrogens with two attached hydrogens (primary N) is 1. The number of nitrogens with one attached hydrogen (secondary N) is 1. The number of halogens is 3. The molecule has 0 saturated heterocycles. The van der Waals surface area contributed by atoms with E-state index in [4.69, 9.17) is 17.3 Å². The second kappa shape index (κ2) is 4.59. The van der Waals surface area contributed by atoms with E-state index in [-0.39, 0.29) is 16.5 Å². The molecule has 2 aromatic rings. The molecule has 0 unspecified atom stereocenters. The van der Waals surface area contributed by atoms with E-state index in [2.05, 4.69) is 5.32 Å². The minimum absolute atomic E-state index is 0.0434. The largest absolute Gasteiger partial charge is 0.397 e. The van der Waals surface area contributed by atoms with Gasteiger partial charge >= 0.3 is 0 Å². The molecule has 0 aromatic heterocycles. The first-order valence-corrected chi connectivity index (χ1v) is 5.21. The fraction of sp³-hybridized carbons (Fsp3) is 0. The second-order valence-electron chi connectivity index (χ2n) is 3.49. The van der Waals surface area contributed by atoms with Gasteiger partial charge in [0.15, 0.2) is 0 Å². The van der Waals surface area contributed by atoms with Crippen LogP contribution in [0.15, 0.2) is 36.4 Å². The summed E-state index contributed by atoms with van der Waals surface area (Å²) >= 11 is 5.64. The summed E-state index contributed by atoms with van der Waals surface area (Å²) in [6.07, 6.45) is 0. The SMILES string of the molecule is Nc1cc(F)c(Cl)cc1Nc1cccc(F)c1. The van der Waals surface area contributed by atoms with Crippen LogP contribution in [0.2, 0.25) is 5.02 Å². The number of hydrogen-bond donors (Lipinski definition) is 2. The summed E-state index contributed by atoms with van der Waals surface area (Å²) in [6, 6.07) is 8.32. The van der Waals surface area contributed by atoms with E-state index in [1.165, 1.54) is 18.2 Å². The lowest BCUT2D eigenvalue weighted by Crippen LogP contribution is -1.97. The van der Waals surface area contributed by atoms with Crippen molar-refractivity contribution in [3.8, 4) is 0 Å². The normalized spacial score (nSPS) is 10.3. The Bertz CT molecular complexity index is 558. The van der Waals surface area contributed by atoms with Crippen LogP contribution in [-0.2, 0) is 0 Å². The van der Waals surface area contributed by atoms with E-state index in [0.29, 0.717) is 11.4 Å². The molecule has 0 bridgehead atoms. The van der Waals surface area contributed by atoms with E-state index >= 15 is 0 Å². The van der Waals surface area contributed by atoms with E-state index in [9.17, 15) is 8.78 Å². The molecule has 0 fully saturated rings. The number of nitrogen functional groups attached to an aromatic ring is 1. The van der Waals surface area contributed by atoms with Crippen molar-refractivity contribution in [2.24, 2.45) is 0 Å². The van der Waals surface area contributed by atoms with Crippen molar-refractivity contribution in [2.45, 2.75) is 0 Å². The van der Waals surface area contributed by atoms with Crippen LogP contribution in [0.25, 0.3) is 0 Å². The van der Waals surface area contributed by atoms with Gasteiger partial charge < -0.3 is 11.1 Å². The lowest BCUT2D eigenvalue weighted by Gasteiger charge is -2.10. The van der Waals surface area contributed by atoms with Gasteiger partial charge in [-0.15, -0.1) is 0 Å². The number of hydrogen-bond acceptors (Lipinski definition) is 2. The Hall–Kier alpha value is -1.81. The molecule has 0 aliphatic rings. The van der Waals surface area contributed by atoms with Crippen LogP contribution >= 0.6 is 11.6 Å². The van der Waals surface area contributed by atoms with Gasteiger partial charge in [-0.1, -0.05) is 17.7 Å². The maximum atomic E-state index is 13.1. The summed E-state index contributed by atoms with van der Waals surface area (Å²) in [7, 11) is 0. The molecule has 0 spiro atoms. The van der Waals surface area contributed by atoms with Gasteiger partial charge in [0.05, 0.1) is 16.4 Å². The molecule has 0 aliphatic heterocycles. The number of rotatable bonds is 2. The van der Waals surface area contributed by atoms with Gasteiger partial charge in [-0.25, -0.2) is 8.78 Å². The smallest absolute Gasteiger partial charge is 0.143 e. The molecule has 0 atom stereocenters. The van der Waals surface area contributed by atoms with Crippen LogP contribution in [0.4, 0.5) is 25.8 Å². The van der Waals surface area contributed by atoms with Gasteiger partial charge in [0.2, 0.25) is 0 Å². The van der Waals surface area contributed by atoms with Crippen molar-refractivity contribution in [3.63, 3.8) is 0 Å². The third-order valence-electron chi connectivity index (χ3n) is 2.20. The monoisotopic (exact) mass is 254 g/mol. The highest BCUT2D eigenvalue weighted by Crippen LogP contribution is 2.28. The third kappa shape index (κ3) is 2.65. The zero-order valence-corrected chi connectivity index (χ0v) is 9.43. The Balaban J connectivity index is 2.33. The van der Waals surface area contributed by atoms with Gasteiger partial charge in [-0.2, -0.15) is 0 Å². The van der Waals surface area contributed by atoms with Crippen molar-refractivity contribution in [3.05, 3.63) is 53.1 Å². The van der Waals surface area contributed by atoms with Crippen LogP contribution in [0, 0.1) is 11.6 Å². The molecule has 0 amide bonds. The highest BCUT2D eigenvalue weighted by Gasteiger charge is 2.06. The molecule has 2 aromatic carbocycles. The van der Waals surface area contributed by atoms with Crippen LogP contribution in [-0.4, -0.2) is 0 Å². The van der Waals surface area contributed by atoms with E-state index in [1.807, 2.05) is 0 Å². The fourth-order valence-corrected chi connectivity index (χ4v) is 1.56. The van der Waals surface area contributed by atoms with E-state index in [1.54, 1.807) is 12.1 Å². The Kier molecular flexibility index (Phi) is 3.15. The first-order chi connectivity index (χ1) is 8.06. The predicted octanol–water partition coefficient (Wildman–Crippen LogP) is 3.94. The fourth-order valence-electron chi connectivity index (χ4n) is 1.39. The van der Waals surface area contributed by atoms with Gasteiger partial charge in [0, 0.05) is 11.8 Å². The van der Waals surface area contributed by atoms with Crippen molar-refractivity contribution in [2.75, 3.05) is 11.1 Å². The van der Waals surface area contributed by atoms with Crippen molar-refractivity contribution >= 4 is 28.7 Å². The molecule has 88 valence electrons. The quantitative estimate of drug-likeness (QED) is 0.797. The van der Waals surface area contributed by atoms with Gasteiger partial charge in [0.1, 0.15) is 11.6 Å². The van der Waals surface area contributed by atoms with Crippen molar-refractivity contribution < 1.29 is 8.78 Å². The van der Waals surface area contributed by atoms with Crippen molar-refractivity contribution in [1.82, 2.24) is 0 Å². The summed E-state index contributed by atoms with van der Waals surface area (Å²) in [4.78, 5) is 0. The molecule has 17 heavy (non-hydrogen) atoms. The Morgan fingerprint density at radius 1 is 1.12 bits per heavy atom. The lowest BCUT2D eigenvalue weighted by molar-refractivity contribution is 0.628. The molecular weight excluding hydrogens is 246 g/mol. The lowest BCUT2D eigenvalue weighted by atomic mass is 10.2. The van der Waals surface area contributed by atoms with Gasteiger partial charge in [-0.3, -0.25) is 0 Å². The molecule has 0 aliphatic carbocycles. The molecular formula is C12H9ClF2N2. The van der Waals surface area contributed by atoms with E-state index in [0.717, 1.165) is 6.07 Å². The summed E-state index contributed by atoms with van der Waals surface area (Å²) in [5.41, 5.74) is 6.77. The molecule has 5 heteroatoms. The summed E-state index contributed by atoms with van der Waals surface area (Å²) in [5, 5.41) is 2.82. The zero-order chi connectivity index (χ0) is 12.4. The molecule has 0 heterocycles. The summed E-state index contributed by atoms with van der Waals surface area (Å²) in [6.45, 7) is 0. The minimum Gasteiger partial charge on any atom is -0.397 e. The number of benzene rings is 2. The average molecular weight is 255 g/mol. The first-order valence-electron chi connectivity index (χ1n) is 4.83. The number of anilines is 3. The van der Waals surface area contributed by atoms with Crippen molar-refractivity contribution in [1.29, 1.82) is 0 Å². The molecule has 0 radical (unpaired) electrons. The van der Waals surface area contributed by atoms with Crippen LogP contribution in [0.3, 0.4) is 0 Å². The highest BCUT2D eigenvalue weighted by atomic mass is 35.5. The highest BCUT2D eigenvalue weighted by molar-refractivity contribution is 6.31. The molecule has 3 N–H and O–H groups in total. The molecule has 2 nitrogen and oxygen atoms in total. The predicted molar refractivity (Wildman–Crippen MR) is 65.5 cm³/mol. The standard InChI is InChI=1S/C12H9ClF2N2/c13-9-5-12(11(16)6-10(9)15)17-8-3-1-2-7(14)4-8/h1-6,17H,16H2. The Labute approximate surface area is 102 Å². The topological polar surface area (TPSA) is 38.0 Å². The maximum Gasteiger partial charge on any atom is 0.143 e. The maximum absolute atomic E-state index is 13.1. The molecule has 2 rings (SSSR count). The Morgan fingerprint density at radius 3 is 2.59 bits per heavy atom. The minimum atomic E-state index is -0.589. The van der Waals surface area contributed by atoms with Crippen LogP contribution < -0.4 is 11.1 Å².